The van der Waals surface area contributed by atoms with Crippen molar-refractivity contribution in [2.24, 2.45) is 5.92 Å². The van der Waals surface area contributed by atoms with Gasteiger partial charge in [-0.3, -0.25) is 4.79 Å². The van der Waals surface area contributed by atoms with Crippen LogP contribution in [0.15, 0.2) is 24.3 Å². The number of carbonyl (C=O) groups is 1. The van der Waals surface area contributed by atoms with Gasteiger partial charge in [-0.2, -0.15) is 0 Å². The number of carbonyl (C=O) groups excluding carboxylic acids is 1. The molecule has 96 valence electrons. The van der Waals surface area contributed by atoms with Crippen LogP contribution in [0.25, 0.3) is 0 Å². The van der Waals surface area contributed by atoms with E-state index in [0.717, 1.165) is 36.9 Å². The molecule has 18 heavy (non-hydrogen) atoms. The Morgan fingerprint density at radius 2 is 2.00 bits per heavy atom. The fourth-order valence-corrected chi connectivity index (χ4v) is 1.87. The van der Waals surface area contributed by atoms with Gasteiger partial charge in [-0.1, -0.05) is 32.6 Å². The third kappa shape index (κ3) is 4.25. The quantitative estimate of drug-likeness (QED) is 0.756. The van der Waals surface area contributed by atoms with Crippen LogP contribution in [0.2, 0.25) is 0 Å². The standard InChI is InChI=1S/C16H21NO/c1-4-7-8-14(6-3)16(18)17-15-11-9-13(5-2)10-12-15/h2,9-12,14H,4,6-8H2,1,3H3,(H,17,18). The normalized spacial score (nSPS) is 11.6. The van der Waals surface area contributed by atoms with E-state index in [4.69, 9.17) is 6.42 Å². The highest BCUT2D eigenvalue weighted by molar-refractivity contribution is 5.92. The second-order valence-corrected chi connectivity index (χ2v) is 4.46. The Kier molecular flexibility index (Phi) is 6.00. The van der Waals surface area contributed by atoms with Crippen LogP contribution in [0, 0.1) is 18.3 Å². The van der Waals surface area contributed by atoms with Crippen molar-refractivity contribution in [2.45, 2.75) is 39.5 Å². The van der Waals surface area contributed by atoms with Gasteiger partial charge in [0.1, 0.15) is 0 Å². The fourth-order valence-electron chi connectivity index (χ4n) is 1.87. The monoisotopic (exact) mass is 243 g/mol. The van der Waals surface area contributed by atoms with Crippen molar-refractivity contribution in [1.82, 2.24) is 0 Å². The molecule has 0 heterocycles. The van der Waals surface area contributed by atoms with Crippen LogP contribution in [0.3, 0.4) is 0 Å². The van der Waals surface area contributed by atoms with Crippen LogP contribution in [-0.2, 0) is 4.79 Å². The van der Waals surface area contributed by atoms with Crippen molar-refractivity contribution < 1.29 is 4.79 Å². The van der Waals surface area contributed by atoms with Crippen LogP contribution in [0.1, 0.15) is 45.1 Å². The van der Waals surface area contributed by atoms with Crippen LogP contribution in [-0.4, -0.2) is 5.91 Å². The lowest BCUT2D eigenvalue weighted by Crippen LogP contribution is -2.22. The molecule has 0 aromatic heterocycles. The van der Waals surface area contributed by atoms with Gasteiger partial charge in [0.05, 0.1) is 0 Å². The summed E-state index contributed by atoms with van der Waals surface area (Å²) in [4.78, 5) is 12.1. The topological polar surface area (TPSA) is 29.1 Å². The number of anilines is 1. The van der Waals surface area contributed by atoms with E-state index in [1.54, 1.807) is 0 Å². The Morgan fingerprint density at radius 1 is 1.33 bits per heavy atom. The molecule has 1 N–H and O–H groups in total. The van der Waals surface area contributed by atoms with E-state index in [0.29, 0.717) is 0 Å². The maximum atomic E-state index is 12.1. The Labute approximate surface area is 110 Å². The first-order valence-corrected chi connectivity index (χ1v) is 6.58. The van der Waals surface area contributed by atoms with Crippen molar-refractivity contribution >= 4 is 11.6 Å². The van der Waals surface area contributed by atoms with E-state index in [2.05, 4.69) is 25.1 Å². The summed E-state index contributed by atoms with van der Waals surface area (Å²) in [5.74, 6) is 2.78. The molecule has 0 fully saturated rings. The molecule has 0 spiro atoms. The second kappa shape index (κ2) is 7.55. The SMILES string of the molecule is C#Cc1ccc(NC(=O)C(CC)CCCC)cc1. The Balaban J connectivity index is 2.59. The predicted molar refractivity (Wildman–Crippen MR) is 76.3 cm³/mol. The van der Waals surface area contributed by atoms with Crippen molar-refractivity contribution in [3.63, 3.8) is 0 Å². The molecule has 1 atom stereocenters. The smallest absolute Gasteiger partial charge is 0.227 e. The van der Waals surface area contributed by atoms with Gasteiger partial charge in [-0.15, -0.1) is 6.42 Å². The Hall–Kier alpha value is -1.75. The van der Waals surface area contributed by atoms with E-state index >= 15 is 0 Å². The van der Waals surface area contributed by atoms with Gasteiger partial charge >= 0.3 is 0 Å². The molecule has 2 heteroatoms. The van der Waals surface area contributed by atoms with E-state index < -0.39 is 0 Å². The largest absolute Gasteiger partial charge is 0.326 e. The molecular weight excluding hydrogens is 222 g/mol. The number of amides is 1. The second-order valence-electron chi connectivity index (χ2n) is 4.46. The molecule has 0 saturated carbocycles. The first kappa shape index (κ1) is 14.3. The van der Waals surface area contributed by atoms with Crippen LogP contribution in [0.4, 0.5) is 5.69 Å². The maximum Gasteiger partial charge on any atom is 0.227 e. The van der Waals surface area contributed by atoms with Gasteiger partial charge < -0.3 is 5.32 Å². The minimum atomic E-state index is 0.109. The van der Waals surface area contributed by atoms with Gasteiger partial charge in [0.2, 0.25) is 5.91 Å². The molecule has 2 nitrogen and oxygen atoms in total. The average molecular weight is 243 g/mol. The Morgan fingerprint density at radius 3 is 2.50 bits per heavy atom. The minimum absolute atomic E-state index is 0.109. The molecule has 0 aliphatic heterocycles. The lowest BCUT2D eigenvalue weighted by Gasteiger charge is -2.14. The first-order valence-electron chi connectivity index (χ1n) is 6.58. The molecule has 1 amide bonds. The zero-order chi connectivity index (χ0) is 13.4. The summed E-state index contributed by atoms with van der Waals surface area (Å²) < 4.78 is 0. The number of unbranched alkanes of at least 4 members (excludes halogenated alkanes) is 1. The van der Waals surface area contributed by atoms with Gasteiger partial charge in [-0.25, -0.2) is 0 Å². The first-order chi connectivity index (χ1) is 8.71. The van der Waals surface area contributed by atoms with E-state index in [9.17, 15) is 4.79 Å². The molecule has 1 rings (SSSR count). The van der Waals surface area contributed by atoms with E-state index in [-0.39, 0.29) is 11.8 Å². The number of nitrogens with one attached hydrogen (secondary N) is 1. The molecular formula is C16H21NO. The third-order valence-corrected chi connectivity index (χ3v) is 3.09. The van der Waals surface area contributed by atoms with E-state index in [1.807, 2.05) is 24.3 Å². The van der Waals surface area contributed by atoms with Crippen LogP contribution >= 0.6 is 0 Å². The molecule has 0 radical (unpaired) electrons. The van der Waals surface area contributed by atoms with Crippen molar-refractivity contribution in [1.29, 1.82) is 0 Å². The van der Waals surface area contributed by atoms with E-state index in [1.165, 1.54) is 0 Å². The van der Waals surface area contributed by atoms with Gasteiger partial charge in [-0.05, 0) is 37.1 Å². The number of terminal acetylenes is 1. The van der Waals surface area contributed by atoms with Crippen molar-refractivity contribution in [2.75, 3.05) is 5.32 Å². The minimum Gasteiger partial charge on any atom is -0.326 e. The Bertz CT molecular complexity index is 414. The summed E-state index contributed by atoms with van der Waals surface area (Å²) in [5.41, 5.74) is 1.64. The molecule has 0 saturated heterocycles. The van der Waals surface area contributed by atoms with Crippen LogP contribution in [0.5, 0.6) is 0 Å². The van der Waals surface area contributed by atoms with Gasteiger partial charge in [0, 0.05) is 17.2 Å². The molecule has 0 bridgehead atoms. The van der Waals surface area contributed by atoms with Gasteiger partial charge in [0.25, 0.3) is 0 Å². The van der Waals surface area contributed by atoms with Crippen molar-refractivity contribution in [3.05, 3.63) is 29.8 Å². The summed E-state index contributed by atoms with van der Waals surface area (Å²) in [6.07, 6.45) is 9.36. The molecule has 1 aromatic carbocycles. The number of hydrogen-bond acceptors (Lipinski definition) is 1. The summed E-state index contributed by atoms with van der Waals surface area (Å²) in [5, 5.41) is 2.95. The summed E-state index contributed by atoms with van der Waals surface area (Å²) >= 11 is 0. The summed E-state index contributed by atoms with van der Waals surface area (Å²) in [6, 6.07) is 7.37. The zero-order valence-corrected chi connectivity index (χ0v) is 11.2. The van der Waals surface area contributed by atoms with Gasteiger partial charge in [0.15, 0.2) is 0 Å². The summed E-state index contributed by atoms with van der Waals surface area (Å²) in [6.45, 7) is 4.20. The number of hydrogen-bond donors (Lipinski definition) is 1. The highest BCUT2D eigenvalue weighted by atomic mass is 16.1. The van der Waals surface area contributed by atoms with Crippen LogP contribution < -0.4 is 5.32 Å². The zero-order valence-electron chi connectivity index (χ0n) is 11.2. The lowest BCUT2D eigenvalue weighted by molar-refractivity contribution is -0.120. The summed E-state index contributed by atoms with van der Waals surface area (Å²) in [7, 11) is 0. The maximum absolute atomic E-state index is 12.1. The molecule has 0 aliphatic rings. The third-order valence-electron chi connectivity index (χ3n) is 3.09. The lowest BCUT2D eigenvalue weighted by atomic mass is 9.98. The predicted octanol–water partition coefficient (Wildman–Crippen LogP) is 3.82. The molecule has 1 aromatic rings. The number of rotatable bonds is 6. The average Bonchev–Trinajstić information content (AvgIpc) is 2.40. The van der Waals surface area contributed by atoms with Crippen molar-refractivity contribution in [3.8, 4) is 12.3 Å². The number of benzene rings is 1. The molecule has 1 unspecified atom stereocenters. The highest BCUT2D eigenvalue weighted by Crippen LogP contribution is 2.16. The highest BCUT2D eigenvalue weighted by Gasteiger charge is 2.15. The fraction of sp³-hybridized carbons (Fsp3) is 0.438. The molecule has 0 aliphatic carbocycles.